The van der Waals surface area contributed by atoms with E-state index >= 15 is 0 Å². The van der Waals surface area contributed by atoms with Gasteiger partial charge in [0, 0.05) is 16.8 Å². The minimum absolute atomic E-state index is 0.0891. The molecule has 1 saturated carbocycles. The van der Waals surface area contributed by atoms with Crippen LogP contribution < -0.4 is 4.90 Å². The van der Waals surface area contributed by atoms with Crippen molar-refractivity contribution in [1.29, 1.82) is 0 Å². The molecule has 1 heterocycles. The van der Waals surface area contributed by atoms with Crippen LogP contribution in [0.4, 0.5) is 18.9 Å². The monoisotopic (exact) mass is 422 g/mol. The van der Waals surface area contributed by atoms with E-state index in [-0.39, 0.29) is 11.8 Å². The first-order valence-electron chi connectivity index (χ1n) is 9.23. The van der Waals surface area contributed by atoms with E-state index in [1.165, 1.54) is 6.92 Å². The molecule has 1 fully saturated rings. The summed E-state index contributed by atoms with van der Waals surface area (Å²) >= 11 is 6.39. The molecule has 0 amide bonds. The van der Waals surface area contributed by atoms with Gasteiger partial charge in [-0.2, -0.15) is 18.3 Å². The average molecular weight is 423 g/mol. The van der Waals surface area contributed by atoms with Gasteiger partial charge < -0.3 is 0 Å². The maximum atomic E-state index is 13.4. The van der Waals surface area contributed by atoms with Crippen LogP contribution >= 0.6 is 11.6 Å². The summed E-state index contributed by atoms with van der Waals surface area (Å²) in [4.78, 5) is 5.59. The van der Waals surface area contributed by atoms with Gasteiger partial charge >= 0.3 is 6.18 Å². The van der Waals surface area contributed by atoms with Crippen LogP contribution in [-0.2, 0) is 0 Å². The second kappa shape index (κ2) is 8.06. The summed E-state index contributed by atoms with van der Waals surface area (Å²) in [6, 6.07) is 3.48. The first-order valence-corrected chi connectivity index (χ1v) is 9.61. The minimum Gasteiger partial charge on any atom is -0.299 e. The molecule has 0 atom stereocenters. The summed E-state index contributed by atoms with van der Waals surface area (Å²) in [5, 5.41) is 7.95. The normalized spacial score (nSPS) is 16.1. The van der Waals surface area contributed by atoms with E-state index in [4.69, 9.17) is 11.6 Å². The first-order chi connectivity index (χ1) is 13.6. The number of H-pyrrole nitrogens is 1. The van der Waals surface area contributed by atoms with E-state index < -0.39 is 11.9 Å². The Morgan fingerprint density at radius 2 is 2.03 bits per heavy atom. The van der Waals surface area contributed by atoms with E-state index in [0.717, 1.165) is 30.7 Å². The number of allylic oxidation sites excluding steroid dienone is 3. The largest absolute Gasteiger partial charge is 0.433 e. The number of hydrogen-bond acceptors (Lipinski definition) is 2. The number of rotatable bonds is 5. The molecule has 1 aliphatic rings. The molecule has 1 aromatic heterocycles. The number of amidine groups is 1. The molecular weight excluding hydrogens is 401 g/mol. The predicted octanol–water partition coefficient (Wildman–Crippen LogP) is 6.78. The third-order valence-electron chi connectivity index (χ3n) is 4.99. The van der Waals surface area contributed by atoms with Crippen molar-refractivity contribution < 1.29 is 13.2 Å². The van der Waals surface area contributed by atoms with Crippen molar-refractivity contribution >= 4 is 34.0 Å². The Kier molecular flexibility index (Phi) is 5.89. The van der Waals surface area contributed by atoms with Crippen LogP contribution in [-0.4, -0.2) is 22.2 Å². The zero-order chi connectivity index (χ0) is 21.3. The highest BCUT2D eigenvalue weighted by atomic mass is 35.5. The number of aromatic nitrogens is 2. The van der Waals surface area contributed by atoms with Crippen LogP contribution in [0.15, 0.2) is 59.5 Å². The van der Waals surface area contributed by atoms with Crippen molar-refractivity contribution in [3.8, 4) is 0 Å². The third kappa shape index (κ3) is 4.24. The van der Waals surface area contributed by atoms with Gasteiger partial charge in [-0.1, -0.05) is 37.3 Å². The zero-order valence-corrected chi connectivity index (χ0v) is 17.0. The minimum atomic E-state index is -4.58. The molecule has 0 radical (unpaired) electrons. The van der Waals surface area contributed by atoms with Crippen molar-refractivity contribution in [2.75, 3.05) is 4.90 Å². The van der Waals surface area contributed by atoms with E-state index in [0.29, 0.717) is 27.5 Å². The average Bonchev–Trinajstić information content (AvgIpc) is 3.04. The molecule has 0 saturated heterocycles. The van der Waals surface area contributed by atoms with Crippen molar-refractivity contribution in [1.82, 2.24) is 10.2 Å². The van der Waals surface area contributed by atoms with E-state index in [9.17, 15) is 13.2 Å². The smallest absolute Gasteiger partial charge is 0.299 e. The maximum absolute atomic E-state index is 13.4. The van der Waals surface area contributed by atoms with Crippen molar-refractivity contribution in [3.05, 3.63) is 59.6 Å². The molecular formula is C21H22ClF3N4. The molecule has 0 aliphatic heterocycles. The van der Waals surface area contributed by atoms with Gasteiger partial charge in [0.25, 0.3) is 0 Å². The SMILES string of the molecule is C=C(C)C(=N/C(=C\C)C(F)(F)F)N(C(=C)C1CCC1)c1cc(Cl)c2[nH]ncc2c1. The standard InChI is InChI=1S/C21H22ClF3N4/c1-5-18(21(23,24)25)27-20(12(2)3)29(13(4)14-7-6-8-14)16-9-15-11-26-28-19(15)17(22)10-16/h5,9-11,14H,2,4,6-8H2,1,3H3,(H,26,28)/b18-5-,27-20?. The molecule has 154 valence electrons. The number of hydrogen-bond donors (Lipinski definition) is 1. The van der Waals surface area contributed by atoms with Crippen LogP contribution in [0.5, 0.6) is 0 Å². The fraction of sp³-hybridized carbons (Fsp3) is 0.333. The fourth-order valence-electron chi connectivity index (χ4n) is 3.22. The molecule has 1 aliphatic carbocycles. The number of aromatic amines is 1. The second-order valence-electron chi connectivity index (χ2n) is 7.10. The zero-order valence-electron chi connectivity index (χ0n) is 16.3. The Morgan fingerprint density at radius 3 is 2.55 bits per heavy atom. The highest BCUT2D eigenvalue weighted by Gasteiger charge is 2.35. The summed E-state index contributed by atoms with van der Waals surface area (Å²) in [6.07, 6.45) is 0.887. The molecule has 3 rings (SSSR count). The Bertz CT molecular complexity index is 1010. The lowest BCUT2D eigenvalue weighted by Crippen LogP contribution is -2.36. The van der Waals surface area contributed by atoms with E-state index in [1.54, 1.807) is 30.2 Å². The van der Waals surface area contributed by atoms with Gasteiger partial charge in [-0.3, -0.25) is 10.00 Å². The highest BCUT2D eigenvalue weighted by Crippen LogP contribution is 2.39. The molecule has 1 N–H and O–H groups in total. The Balaban J connectivity index is 2.19. The van der Waals surface area contributed by atoms with Gasteiger partial charge in [-0.25, -0.2) is 4.99 Å². The summed E-state index contributed by atoms with van der Waals surface area (Å²) in [6.45, 7) is 11.0. The lowest BCUT2D eigenvalue weighted by molar-refractivity contribution is -0.0924. The van der Waals surface area contributed by atoms with Crippen molar-refractivity contribution in [3.63, 3.8) is 0 Å². The lowest BCUT2D eigenvalue weighted by atomic mass is 9.82. The van der Waals surface area contributed by atoms with Crippen LogP contribution in [0.1, 0.15) is 33.1 Å². The van der Waals surface area contributed by atoms with Gasteiger partial charge in [-0.05, 0) is 50.3 Å². The Labute approximate surface area is 172 Å². The maximum Gasteiger partial charge on any atom is 0.433 e. The third-order valence-corrected chi connectivity index (χ3v) is 5.29. The van der Waals surface area contributed by atoms with Crippen LogP contribution in [0.3, 0.4) is 0 Å². The van der Waals surface area contributed by atoms with E-state index in [2.05, 4.69) is 28.3 Å². The van der Waals surface area contributed by atoms with Crippen LogP contribution in [0.25, 0.3) is 10.9 Å². The van der Waals surface area contributed by atoms with Crippen LogP contribution in [0.2, 0.25) is 5.02 Å². The molecule has 8 heteroatoms. The van der Waals surface area contributed by atoms with Crippen molar-refractivity contribution in [2.45, 2.75) is 39.3 Å². The number of halogens is 4. The van der Waals surface area contributed by atoms with Gasteiger partial charge in [0.15, 0.2) is 0 Å². The number of alkyl halides is 3. The topological polar surface area (TPSA) is 44.3 Å². The molecule has 29 heavy (non-hydrogen) atoms. The molecule has 0 unspecified atom stereocenters. The summed E-state index contributed by atoms with van der Waals surface area (Å²) < 4.78 is 40.2. The van der Waals surface area contributed by atoms with Crippen LogP contribution in [0, 0.1) is 5.92 Å². The number of fused-ring (bicyclic) bond motifs is 1. The number of nitrogens with one attached hydrogen (secondary N) is 1. The van der Waals surface area contributed by atoms with Gasteiger partial charge in [0.2, 0.25) is 0 Å². The van der Waals surface area contributed by atoms with Gasteiger partial charge in [0.05, 0.1) is 16.7 Å². The number of aliphatic imine (C=N–C) groups is 1. The Hall–Kier alpha value is -2.54. The fourth-order valence-corrected chi connectivity index (χ4v) is 3.48. The lowest BCUT2D eigenvalue weighted by Gasteiger charge is -2.37. The molecule has 1 aromatic carbocycles. The summed E-state index contributed by atoms with van der Waals surface area (Å²) in [5.74, 6) is 0.254. The molecule has 2 aromatic rings. The van der Waals surface area contributed by atoms with Gasteiger partial charge in [0.1, 0.15) is 11.5 Å². The first kappa shape index (κ1) is 21.2. The quantitative estimate of drug-likeness (QED) is 0.426. The predicted molar refractivity (Wildman–Crippen MR) is 112 cm³/mol. The highest BCUT2D eigenvalue weighted by molar-refractivity contribution is 6.35. The summed E-state index contributed by atoms with van der Waals surface area (Å²) in [5.41, 5.74) is 1.30. The van der Waals surface area contributed by atoms with E-state index in [1.807, 2.05) is 0 Å². The number of anilines is 1. The molecule has 0 spiro atoms. The number of nitrogens with zero attached hydrogens (tertiary/aromatic N) is 3. The molecule has 4 nitrogen and oxygen atoms in total. The van der Waals surface area contributed by atoms with Crippen molar-refractivity contribution in [2.24, 2.45) is 10.9 Å². The number of benzene rings is 1. The molecule has 0 bridgehead atoms. The Morgan fingerprint density at radius 1 is 1.34 bits per heavy atom. The summed E-state index contributed by atoms with van der Waals surface area (Å²) in [7, 11) is 0. The second-order valence-corrected chi connectivity index (χ2v) is 7.51. The van der Waals surface area contributed by atoms with Gasteiger partial charge in [-0.15, -0.1) is 0 Å².